The fourth-order valence-electron chi connectivity index (χ4n) is 0.491. The van der Waals surface area contributed by atoms with Crippen LogP contribution >= 0.6 is 0 Å². The zero-order valence-electron chi connectivity index (χ0n) is 6.52. The van der Waals surface area contributed by atoms with E-state index < -0.39 is 0 Å². The quantitative estimate of drug-likeness (QED) is 0.527. The highest BCUT2D eigenvalue weighted by atomic mass is 19.1. The van der Waals surface area contributed by atoms with Crippen molar-refractivity contribution >= 4 is 0 Å². The van der Waals surface area contributed by atoms with Crippen LogP contribution in [0.5, 0.6) is 0 Å². The lowest BCUT2D eigenvalue weighted by atomic mass is 10.2. The summed E-state index contributed by atoms with van der Waals surface area (Å²) in [5, 5.41) is 0. The van der Waals surface area contributed by atoms with Gasteiger partial charge in [-0.2, -0.15) is 0 Å². The maximum absolute atomic E-state index is 12.1. The van der Waals surface area contributed by atoms with Gasteiger partial charge in [-0.15, -0.1) is 0 Å². The highest BCUT2D eigenvalue weighted by Crippen LogP contribution is 2.00. The molecular formula is C9H13F. The number of rotatable bonds is 3. The van der Waals surface area contributed by atoms with Gasteiger partial charge in [0.05, 0.1) is 5.83 Å². The van der Waals surface area contributed by atoms with Crippen LogP contribution in [0.25, 0.3) is 0 Å². The van der Waals surface area contributed by atoms with E-state index in [9.17, 15) is 4.39 Å². The Balaban J connectivity index is 3.74. The van der Waals surface area contributed by atoms with E-state index in [1.54, 1.807) is 6.08 Å². The average Bonchev–Trinajstić information content (AvgIpc) is 1.87. The molecule has 0 fully saturated rings. The summed E-state index contributed by atoms with van der Waals surface area (Å²) in [7, 11) is 0. The van der Waals surface area contributed by atoms with E-state index >= 15 is 0 Å². The van der Waals surface area contributed by atoms with Crippen LogP contribution in [0.2, 0.25) is 0 Å². The van der Waals surface area contributed by atoms with Crippen LogP contribution in [0.3, 0.4) is 0 Å². The first kappa shape index (κ1) is 9.15. The lowest BCUT2D eigenvalue weighted by Gasteiger charge is -1.87. The second-order valence-electron chi connectivity index (χ2n) is 2.18. The smallest absolute Gasteiger partial charge is 0.0932 e. The predicted octanol–water partition coefficient (Wildman–Crippen LogP) is 3.38. The summed E-state index contributed by atoms with van der Waals surface area (Å²) < 4.78 is 12.1. The van der Waals surface area contributed by atoms with Gasteiger partial charge < -0.3 is 0 Å². The minimum atomic E-state index is -0.131. The molecule has 0 saturated heterocycles. The Bertz CT molecular complexity index is 160. The Morgan fingerprint density at radius 3 is 2.40 bits per heavy atom. The standard InChI is InChI=1S/C9H13F/c1-4-8(2)6-5-7-9(3)10/h4,6-7H,1,5H2,2-3H3/b8-6-,9-7+. The Kier molecular flexibility index (Phi) is 4.55. The summed E-state index contributed by atoms with van der Waals surface area (Å²) in [6.07, 6.45) is 5.87. The highest BCUT2D eigenvalue weighted by Gasteiger charge is 1.80. The minimum Gasteiger partial charge on any atom is -0.212 e. The number of hydrogen-bond donors (Lipinski definition) is 0. The maximum Gasteiger partial charge on any atom is 0.0932 e. The molecule has 56 valence electrons. The molecule has 0 aromatic carbocycles. The minimum absolute atomic E-state index is 0.131. The first-order chi connectivity index (χ1) is 4.66. The van der Waals surface area contributed by atoms with Gasteiger partial charge in [-0.3, -0.25) is 0 Å². The van der Waals surface area contributed by atoms with Crippen LogP contribution in [0.4, 0.5) is 4.39 Å². The Morgan fingerprint density at radius 2 is 2.00 bits per heavy atom. The molecule has 0 aliphatic carbocycles. The van der Waals surface area contributed by atoms with Crippen LogP contribution in [-0.2, 0) is 0 Å². The van der Waals surface area contributed by atoms with Crippen molar-refractivity contribution in [3.05, 3.63) is 36.2 Å². The molecule has 0 aliphatic heterocycles. The molecule has 0 unspecified atom stereocenters. The van der Waals surface area contributed by atoms with E-state index in [1.165, 1.54) is 13.0 Å². The molecule has 10 heavy (non-hydrogen) atoms. The number of hydrogen-bond acceptors (Lipinski definition) is 0. The first-order valence-corrected chi connectivity index (χ1v) is 3.28. The molecule has 0 spiro atoms. The number of allylic oxidation sites excluding steroid dienone is 5. The van der Waals surface area contributed by atoms with Crippen molar-refractivity contribution in [2.75, 3.05) is 0 Å². The molecule has 0 heterocycles. The van der Waals surface area contributed by atoms with Crippen molar-refractivity contribution in [3.8, 4) is 0 Å². The third-order valence-corrected chi connectivity index (χ3v) is 1.16. The van der Waals surface area contributed by atoms with Crippen molar-refractivity contribution in [3.63, 3.8) is 0 Å². The van der Waals surface area contributed by atoms with Crippen molar-refractivity contribution in [2.45, 2.75) is 20.3 Å². The van der Waals surface area contributed by atoms with Crippen molar-refractivity contribution in [1.82, 2.24) is 0 Å². The molecule has 0 bridgehead atoms. The summed E-state index contributed by atoms with van der Waals surface area (Å²) in [5.74, 6) is -0.131. The Morgan fingerprint density at radius 1 is 1.40 bits per heavy atom. The monoisotopic (exact) mass is 140 g/mol. The maximum atomic E-state index is 12.1. The zero-order chi connectivity index (χ0) is 7.98. The summed E-state index contributed by atoms with van der Waals surface area (Å²) in [5.41, 5.74) is 1.08. The van der Waals surface area contributed by atoms with E-state index in [1.807, 2.05) is 13.0 Å². The third kappa shape index (κ3) is 5.29. The van der Waals surface area contributed by atoms with Gasteiger partial charge in [-0.25, -0.2) is 4.39 Å². The number of halogens is 1. The van der Waals surface area contributed by atoms with Gasteiger partial charge in [0.2, 0.25) is 0 Å². The van der Waals surface area contributed by atoms with Gasteiger partial charge in [-0.05, 0) is 26.3 Å². The fraction of sp³-hybridized carbons (Fsp3) is 0.333. The van der Waals surface area contributed by atoms with Crippen LogP contribution in [-0.4, -0.2) is 0 Å². The molecule has 0 atom stereocenters. The van der Waals surface area contributed by atoms with E-state index in [4.69, 9.17) is 0 Å². The summed E-state index contributed by atoms with van der Waals surface area (Å²) in [4.78, 5) is 0. The SMILES string of the molecule is C=C/C(C)=C\C/C=C(\C)F. The molecule has 0 aromatic heterocycles. The lowest BCUT2D eigenvalue weighted by Crippen LogP contribution is -1.67. The van der Waals surface area contributed by atoms with Crippen molar-refractivity contribution < 1.29 is 4.39 Å². The summed E-state index contributed by atoms with van der Waals surface area (Å²) in [6.45, 7) is 6.96. The Hall–Kier alpha value is -0.850. The van der Waals surface area contributed by atoms with Crippen LogP contribution in [0.1, 0.15) is 20.3 Å². The molecule has 0 aliphatic rings. The molecule has 1 heteroatoms. The molecule has 0 amide bonds. The molecule has 0 radical (unpaired) electrons. The van der Waals surface area contributed by atoms with Gasteiger partial charge in [0.25, 0.3) is 0 Å². The average molecular weight is 140 g/mol. The lowest BCUT2D eigenvalue weighted by molar-refractivity contribution is 0.636. The van der Waals surface area contributed by atoms with Gasteiger partial charge in [0.15, 0.2) is 0 Å². The normalized spacial score (nSPS) is 13.5. The largest absolute Gasteiger partial charge is 0.212 e. The van der Waals surface area contributed by atoms with Crippen LogP contribution in [0.15, 0.2) is 36.2 Å². The van der Waals surface area contributed by atoms with E-state index in [-0.39, 0.29) is 5.83 Å². The molecular weight excluding hydrogens is 127 g/mol. The van der Waals surface area contributed by atoms with Crippen LogP contribution < -0.4 is 0 Å². The fourth-order valence-corrected chi connectivity index (χ4v) is 0.491. The van der Waals surface area contributed by atoms with E-state index in [0.29, 0.717) is 6.42 Å². The van der Waals surface area contributed by atoms with Gasteiger partial charge in [0, 0.05) is 0 Å². The van der Waals surface area contributed by atoms with Crippen LogP contribution in [0, 0.1) is 0 Å². The molecule has 0 rings (SSSR count). The summed E-state index contributed by atoms with van der Waals surface area (Å²) in [6, 6.07) is 0. The molecule has 0 aromatic rings. The van der Waals surface area contributed by atoms with Crippen molar-refractivity contribution in [2.24, 2.45) is 0 Å². The molecule has 0 nitrogen and oxygen atoms in total. The van der Waals surface area contributed by atoms with E-state index in [0.717, 1.165) is 5.57 Å². The van der Waals surface area contributed by atoms with Gasteiger partial charge in [0.1, 0.15) is 0 Å². The van der Waals surface area contributed by atoms with E-state index in [2.05, 4.69) is 6.58 Å². The predicted molar refractivity (Wildman–Crippen MR) is 43.4 cm³/mol. The topological polar surface area (TPSA) is 0 Å². The first-order valence-electron chi connectivity index (χ1n) is 3.28. The van der Waals surface area contributed by atoms with Gasteiger partial charge >= 0.3 is 0 Å². The highest BCUT2D eigenvalue weighted by molar-refractivity contribution is 5.14. The summed E-state index contributed by atoms with van der Waals surface area (Å²) >= 11 is 0. The Labute approximate surface area is 61.8 Å². The van der Waals surface area contributed by atoms with Crippen molar-refractivity contribution in [1.29, 1.82) is 0 Å². The molecule has 0 N–H and O–H groups in total. The third-order valence-electron chi connectivity index (χ3n) is 1.16. The zero-order valence-corrected chi connectivity index (χ0v) is 6.52. The second-order valence-corrected chi connectivity index (χ2v) is 2.18. The van der Waals surface area contributed by atoms with Gasteiger partial charge in [-0.1, -0.05) is 24.3 Å². The molecule has 0 saturated carbocycles. The second kappa shape index (κ2) is 4.98.